The maximum absolute atomic E-state index is 13.3. The van der Waals surface area contributed by atoms with Crippen LogP contribution in [0.25, 0.3) is 0 Å². The van der Waals surface area contributed by atoms with E-state index in [9.17, 15) is 18.8 Å². The summed E-state index contributed by atoms with van der Waals surface area (Å²) in [7, 11) is 0. The first-order valence-electron chi connectivity index (χ1n) is 14.3. The van der Waals surface area contributed by atoms with Crippen molar-refractivity contribution in [2.45, 2.75) is 57.9 Å². The van der Waals surface area contributed by atoms with Gasteiger partial charge in [-0.2, -0.15) is 0 Å². The highest BCUT2D eigenvalue weighted by Gasteiger charge is 2.35. The average molecular weight is 592 g/mol. The number of amides is 2. The van der Waals surface area contributed by atoms with Gasteiger partial charge in [0.1, 0.15) is 35.0 Å². The lowest BCUT2D eigenvalue weighted by Gasteiger charge is -2.27. The van der Waals surface area contributed by atoms with Gasteiger partial charge >= 0.3 is 5.97 Å². The number of likely N-dealkylation sites (tertiary alicyclic amines) is 1. The first-order chi connectivity index (χ1) is 20.6. The van der Waals surface area contributed by atoms with Gasteiger partial charge in [-0.25, -0.2) is 4.39 Å². The van der Waals surface area contributed by atoms with Crippen LogP contribution in [0.1, 0.15) is 39.2 Å². The lowest BCUT2D eigenvalue weighted by Crippen LogP contribution is -2.51. The van der Waals surface area contributed by atoms with E-state index in [4.69, 9.17) is 14.2 Å². The molecular weight excluding hydrogens is 553 g/mol. The highest BCUT2D eigenvalue weighted by atomic mass is 19.1. The molecule has 2 atom stereocenters. The molecule has 228 valence electrons. The van der Waals surface area contributed by atoms with Gasteiger partial charge in [0.2, 0.25) is 11.8 Å². The molecule has 1 aliphatic heterocycles. The van der Waals surface area contributed by atoms with E-state index in [0.29, 0.717) is 30.2 Å². The molecule has 2 N–H and O–H groups in total. The first-order valence-corrected chi connectivity index (χ1v) is 14.3. The molecule has 0 bridgehead atoms. The Kier molecular flexibility index (Phi) is 10.9. The van der Waals surface area contributed by atoms with Crippen LogP contribution in [0.2, 0.25) is 0 Å². The molecule has 3 aromatic carbocycles. The third-order valence-electron chi connectivity index (χ3n) is 6.61. The van der Waals surface area contributed by atoms with Gasteiger partial charge in [-0.1, -0.05) is 30.3 Å². The number of rotatable bonds is 12. The molecular formula is C33H38FN3O6. The number of carbonyl (C=O) groups excluding carboxylic acids is 3. The minimum atomic E-state index is -0.992. The van der Waals surface area contributed by atoms with E-state index in [1.165, 1.54) is 24.3 Å². The minimum absolute atomic E-state index is 0.0538. The molecule has 3 aromatic rings. The van der Waals surface area contributed by atoms with Crippen LogP contribution in [0.3, 0.4) is 0 Å². The zero-order valence-electron chi connectivity index (χ0n) is 24.7. The highest BCUT2D eigenvalue weighted by molar-refractivity contribution is 5.97. The van der Waals surface area contributed by atoms with Gasteiger partial charge in [0.25, 0.3) is 0 Å². The predicted octanol–water partition coefficient (Wildman–Crippen LogP) is 5.06. The molecule has 0 unspecified atom stereocenters. The number of anilines is 1. The maximum atomic E-state index is 13.3. The van der Waals surface area contributed by atoms with E-state index in [-0.39, 0.29) is 31.5 Å². The van der Waals surface area contributed by atoms with Crippen molar-refractivity contribution >= 4 is 23.5 Å². The third kappa shape index (κ3) is 10.2. The molecule has 1 fully saturated rings. The summed E-state index contributed by atoms with van der Waals surface area (Å²) in [5.74, 6) is -0.594. The molecule has 2 amide bonds. The Morgan fingerprint density at radius 2 is 1.60 bits per heavy atom. The van der Waals surface area contributed by atoms with Crippen molar-refractivity contribution in [2.24, 2.45) is 0 Å². The van der Waals surface area contributed by atoms with Gasteiger partial charge < -0.3 is 24.8 Å². The fourth-order valence-electron chi connectivity index (χ4n) is 4.60. The van der Waals surface area contributed by atoms with Crippen molar-refractivity contribution in [3.8, 4) is 11.5 Å². The molecule has 43 heavy (non-hydrogen) atoms. The SMILES string of the molecule is CC(C)(C)OC(=O)[C@@H]1CCCN1CC(=O)N[C@@H](COCc1ccccc1)C(=O)Nc1ccc(Oc2ccc(F)cc2)cc1. The molecule has 9 nitrogen and oxygen atoms in total. The number of esters is 1. The zero-order valence-corrected chi connectivity index (χ0v) is 24.7. The summed E-state index contributed by atoms with van der Waals surface area (Å²) in [4.78, 5) is 40.9. The number of hydrogen-bond donors (Lipinski definition) is 2. The van der Waals surface area contributed by atoms with Crippen molar-refractivity contribution in [2.75, 3.05) is 25.0 Å². The third-order valence-corrected chi connectivity index (χ3v) is 6.61. The Balaban J connectivity index is 1.37. The summed E-state index contributed by atoms with van der Waals surface area (Å²) >= 11 is 0. The Bertz CT molecular complexity index is 1360. The topological polar surface area (TPSA) is 106 Å². The fraction of sp³-hybridized carbons (Fsp3) is 0.364. The molecule has 1 saturated heterocycles. The number of nitrogens with zero attached hydrogens (tertiary/aromatic N) is 1. The molecule has 0 radical (unpaired) electrons. The van der Waals surface area contributed by atoms with Gasteiger partial charge in [0.15, 0.2) is 0 Å². The molecule has 4 rings (SSSR count). The van der Waals surface area contributed by atoms with Crippen LogP contribution in [0.4, 0.5) is 10.1 Å². The van der Waals surface area contributed by atoms with Crippen LogP contribution in [-0.2, 0) is 30.5 Å². The quantitative estimate of drug-likeness (QED) is 0.284. The van der Waals surface area contributed by atoms with Gasteiger partial charge in [-0.15, -0.1) is 0 Å². The summed E-state index contributed by atoms with van der Waals surface area (Å²) in [6.07, 6.45) is 1.37. The van der Waals surface area contributed by atoms with Crippen molar-refractivity contribution in [3.05, 3.63) is 90.2 Å². The standard InChI is InChI=1S/C33H38FN3O6/c1-33(2,3)43-32(40)29-10-7-19-37(29)20-30(38)36-28(22-41-21-23-8-5-4-6-9-23)31(39)35-25-13-17-27(18-14-25)42-26-15-11-24(34)12-16-26/h4-6,8-9,11-18,28-29H,7,10,19-22H2,1-3H3,(H,35,39)(H,36,38)/t28-,29-/m0/s1. The first kappa shape index (κ1) is 31.7. The molecule has 0 aromatic heterocycles. The van der Waals surface area contributed by atoms with Gasteiger partial charge in [0.05, 0.1) is 19.8 Å². The van der Waals surface area contributed by atoms with Crippen molar-refractivity contribution in [3.63, 3.8) is 0 Å². The molecule has 1 heterocycles. The summed E-state index contributed by atoms with van der Waals surface area (Å²) in [6, 6.07) is 20.3. The largest absolute Gasteiger partial charge is 0.459 e. The zero-order chi connectivity index (χ0) is 30.8. The van der Waals surface area contributed by atoms with Crippen LogP contribution >= 0.6 is 0 Å². The Labute approximate surface area is 251 Å². The summed E-state index contributed by atoms with van der Waals surface area (Å²) in [5, 5.41) is 5.60. The molecule has 10 heteroatoms. The second kappa shape index (κ2) is 14.8. The number of benzene rings is 3. The fourth-order valence-corrected chi connectivity index (χ4v) is 4.60. The van der Waals surface area contributed by atoms with Crippen molar-refractivity contribution in [1.29, 1.82) is 0 Å². The van der Waals surface area contributed by atoms with Crippen LogP contribution in [0.15, 0.2) is 78.9 Å². The number of nitrogens with one attached hydrogen (secondary N) is 2. The van der Waals surface area contributed by atoms with E-state index < -0.39 is 29.5 Å². The smallest absolute Gasteiger partial charge is 0.323 e. The lowest BCUT2D eigenvalue weighted by atomic mass is 10.1. The van der Waals surface area contributed by atoms with E-state index >= 15 is 0 Å². The number of carbonyl (C=O) groups is 3. The summed E-state index contributed by atoms with van der Waals surface area (Å²) in [6.45, 7) is 6.15. The van der Waals surface area contributed by atoms with Gasteiger partial charge in [-0.3, -0.25) is 19.3 Å². The molecule has 0 spiro atoms. The Morgan fingerprint density at radius 3 is 2.26 bits per heavy atom. The van der Waals surface area contributed by atoms with Crippen LogP contribution in [-0.4, -0.2) is 60.1 Å². The average Bonchev–Trinajstić information content (AvgIpc) is 3.42. The minimum Gasteiger partial charge on any atom is -0.459 e. The van der Waals surface area contributed by atoms with E-state index in [2.05, 4.69) is 10.6 Å². The monoisotopic (exact) mass is 591 g/mol. The second-order valence-electron chi connectivity index (χ2n) is 11.4. The molecule has 0 aliphatic carbocycles. The van der Waals surface area contributed by atoms with E-state index in [1.54, 1.807) is 29.2 Å². The van der Waals surface area contributed by atoms with E-state index in [0.717, 1.165) is 12.0 Å². The van der Waals surface area contributed by atoms with E-state index in [1.807, 2.05) is 51.1 Å². The van der Waals surface area contributed by atoms with Crippen LogP contribution in [0.5, 0.6) is 11.5 Å². The molecule has 0 saturated carbocycles. The van der Waals surface area contributed by atoms with Crippen LogP contribution < -0.4 is 15.4 Å². The number of halogens is 1. The second-order valence-corrected chi connectivity index (χ2v) is 11.4. The summed E-state index contributed by atoms with van der Waals surface area (Å²) in [5.41, 5.74) is 0.795. The number of ether oxygens (including phenoxy) is 3. The van der Waals surface area contributed by atoms with Gasteiger partial charge in [0, 0.05) is 5.69 Å². The Morgan fingerprint density at radius 1 is 0.953 bits per heavy atom. The normalized spacial score (nSPS) is 15.9. The lowest BCUT2D eigenvalue weighted by molar-refractivity contribution is -0.160. The number of hydrogen-bond acceptors (Lipinski definition) is 7. The van der Waals surface area contributed by atoms with Crippen molar-refractivity contribution in [1.82, 2.24) is 10.2 Å². The molecule has 1 aliphatic rings. The van der Waals surface area contributed by atoms with Crippen molar-refractivity contribution < 1.29 is 33.0 Å². The highest BCUT2D eigenvalue weighted by Crippen LogP contribution is 2.24. The maximum Gasteiger partial charge on any atom is 0.323 e. The predicted molar refractivity (Wildman–Crippen MR) is 160 cm³/mol. The van der Waals surface area contributed by atoms with Crippen LogP contribution in [0, 0.1) is 5.82 Å². The summed E-state index contributed by atoms with van der Waals surface area (Å²) < 4.78 is 30.2. The Hall–Kier alpha value is -4.28. The van der Waals surface area contributed by atoms with Gasteiger partial charge in [-0.05, 0) is 94.3 Å².